The molecule has 0 heterocycles. The normalized spacial score (nSPS) is 31.7. The molecule has 1 rings (SSSR count). The van der Waals surface area contributed by atoms with Crippen molar-refractivity contribution >= 4 is 5.97 Å². The Morgan fingerprint density at radius 3 is 2.47 bits per heavy atom. The number of ether oxygens (including phenoxy) is 1. The molecule has 3 nitrogen and oxygen atoms in total. The minimum atomic E-state index is -0.412. The summed E-state index contributed by atoms with van der Waals surface area (Å²) in [4.78, 5) is 12.1. The van der Waals surface area contributed by atoms with Gasteiger partial charge in [0.2, 0.25) is 0 Å². The van der Waals surface area contributed by atoms with Crippen molar-refractivity contribution in [2.75, 3.05) is 6.54 Å². The molecule has 0 aromatic carbocycles. The molecular weight excluding hydrogens is 190 g/mol. The van der Waals surface area contributed by atoms with Crippen molar-refractivity contribution in [1.29, 1.82) is 0 Å². The van der Waals surface area contributed by atoms with Crippen LogP contribution in [0, 0.1) is 11.3 Å². The van der Waals surface area contributed by atoms with Crippen LogP contribution in [0.1, 0.15) is 47.0 Å². The maximum atomic E-state index is 12.1. The van der Waals surface area contributed by atoms with Crippen LogP contribution in [0.15, 0.2) is 0 Å². The van der Waals surface area contributed by atoms with Crippen molar-refractivity contribution in [2.45, 2.75) is 52.6 Å². The van der Waals surface area contributed by atoms with Gasteiger partial charge in [-0.1, -0.05) is 6.92 Å². The van der Waals surface area contributed by atoms with E-state index in [1.54, 1.807) is 0 Å². The molecule has 0 amide bonds. The largest absolute Gasteiger partial charge is 0.460 e. The predicted octanol–water partition coefficient (Wildman–Crippen LogP) is 2.09. The summed E-state index contributed by atoms with van der Waals surface area (Å²) in [5.41, 5.74) is 4.93. The molecule has 3 heteroatoms. The van der Waals surface area contributed by atoms with Gasteiger partial charge in [0.05, 0.1) is 5.41 Å². The Kier molecular flexibility index (Phi) is 3.44. The first kappa shape index (κ1) is 12.5. The van der Waals surface area contributed by atoms with Gasteiger partial charge in [0, 0.05) is 6.54 Å². The third kappa shape index (κ3) is 2.94. The molecule has 0 aromatic heterocycles. The van der Waals surface area contributed by atoms with Gasteiger partial charge in [0.1, 0.15) is 5.60 Å². The van der Waals surface area contributed by atoms with E-state index < -0.39 is 11.0 Å². The van der Waals surface area contributed by atoms with E-state index in [9.17, 15) is 4.79 Å². The lowest BCUT2D eigenvalue weighted by molar-refractivity contribution is -0.167. The third-order valence-corrected chi connectivity index (χ3v) is 3.08. The van der Waals surface area contributed by atoms with E-state index in [0.717, 1.165) is 19.3 Å². The summed E-state index contributed by atoms with van der Waals surface area (Å²) in [5, 5.41) is 0. The monoisotopic (exact) mass is 213 g/mol. The molecule has 0 spiro atoms. The van der Waals surface area contributed by atoms with Gasteiger partial charge in [-0.05, 0) is 46.0 Å². The molecular formula is C12H23NO2. The number of carbonyl (C=O) groups excluding carboxylic acids is 1. The Morgan fingerprint density at radius 2 is 2.13 bits per heavy atom. The molecule has 2 unspecified atom stereocenters. The van der Waals surface area contributed by atoms with Crippen molar-refractivity contribution in [3.8, 4) is 0 Å². The molecule has 2 atom stereocenters. The third-order valence-electron chi connectivity index (χ3n) is 3.08. The Balaban J connectivity index is 2.71. The van der Waals surface area contributed by atoms with Crippen molar-refractivity contribution in [3.63, 3.8) is 0 Å². The molecule has 88 valence electrons. The standard InChI is InChI=1S/C12H23NO2/c1-9-5-6-12(7-9,8-13)10(14)15-11(2,3)4/h9H,5-8,13H2,1-4H3. The Labute approximate surface area is 92.4 Å². The van der Waals surface area contributed by atoms with E-state index in [4.69, 9.17) is 10.5 Å². The van der Waals surface area contributed by atoms with Crippen LogP contribution in [0.2, 0.25) is 0 Å². The average Bonchev–Trinajstić information content (AvgIpc) is 2.45. The second-order valence-electron chi connectivity index (χ2n) is 5.83. The molecule has 1 aliphatic rings. The molecule has 0 bridgehead atoms. The molecule has 0 radical (unpaired) electrons. The Bertz CT molecular complexity index is 244. The number of hydrogen-bond acceptors (Lipinski definition) is 3. The minimum Gasteiger partial charge on any atom is -0.460 e. The molecule has 1 saturated carbocycles. The second-order valence-corrected chi connectivity index (χ2v) is 5.83. The molecule has 0 aliphatic heterocycles. The van der Waals surface area contributed by atoms with Crippen molar-refractivity contribution in [1.82, 2.24) is 0 Å². The topological polar surface area (TPSA) is 52.3 Å². The lowest BCUT2D eigenvalue weighted by atomic mass is 9.85. The van der Waals surface area contributed by atoms with Crippen LogP contribution in [0.4, 0.5) is 0 Å². The zero-order chi connectivity index (χ0) is 11.7. The van der Waals surface area contributed by atoms with Gasteiger partial charge in [0.25, 0.3) is 0 Å². The Hall–Kier alpha value is -0.570. The minimum absolute atomic E-state index is 0.109. The summed E-state index contributed by atoms with van der Waals surface area (Å²) >= 11 is 0. The van der Waals surface area contributed by atoms with E-state index in [0.29, 0.717) is 12.5 Å². The summed E-state index contributed by atoms with van der Waals surface area (Å²) in [6.07, 6.45) is 2.83. The molecule has 2 N–H and O–H groups in total. The lowest BCUT2D eigenvalue weighted by Gasteiger charge is -2.30. The van der Waals surface area contributed by atoms with Gasteiger partial charge in [-0.2, -0.15) is 0 Å². The van der Waals surface area contributed by atoms with Gasteiger partial charge >= 0.3 is 5.97 Å². The summed E-state index contributed by atoms with van der Waals surface area (Å²) in [6, 6.07) is 0. The predicted molar refractivity (Wildman–Crippen MR) is 60.3 cm³/mol. The fraction of sp³-hybridized carbons (Fsp3) is 0.917. The van der Waals surface area contributed by atoms with E-state index in [2.05, 4.69) is 6.92 Å². The van der Waals surface area contributed by atoms with E-state index >= 15 is 0 Å². The highest BCUT2D eigenvalue weighted by molar-refractivity contribution is 5.78. The van der Waals surface area contributed by atoms with Crippen molar-refractivity contribution in [3.05, 3.63) is 0 Å². The summed E-state index contributed by atoms with van der Waals surface area (Å²) < 4.78 is 5.45. The Morgan fingerprint density at radius 1 is 1.53 bits per heavy atom. The summed E-state index contributed by atoms with van der Waals surface area (Å²) in [6.45, 7) is 8.27. The highest BCUT2D eigenvalue weighted by Gasteiger charge is 2.45. The smallest absolute Gasteiger partial charge is 0.313 e. The van der Waals surface area contributed by atoms with Gasteiger partial charge in [-0.3, -0.25) is 4.79 Å². The van der Waals surface area contributed by atoms with E-state index in [1.807, 2.05) is 20.8 Å². The fourth-order valence-electron chi connectivity index (χ4n) is 2.23. The summed E-state index contributed by atoms with van der Waals surface area (Å²) in [5.74, 6) is 0.475. The maximum absolute atomic E-state index is 12.1. The zero-order valence-corrected chi connectivity index (χ0v) is 10.3. The second kappa shape index (κ2) is 4.12. The van der Waals surface area contributed by atoms with Crippen LogP contribution >= 0.6 is 0 Å². The van der Waals surface area contributed by atoms with Crippen LogP contribution in [-0.4, -0.2) is 18.1 Å². The SMILES string of the molecule is CC1CCC(CN)(C(=O)OC(C)(C)C)C1. The first-order valence-corrected chi connectivity index (χ1v) is 5.73. The van der Waals surface area contributed by atoms with Gasteiger partial charge in [-0.25, -0.2) is 0 Å². The molecule has 0 aromatic rings. The van der Waals surface area contributed by atoms with Crippen LogP contribution in [0.5, 0.6) is 0 Å². The molecule has 0 saturated heterocycles. The van der Waals surface area contributed by atoms with E-state index in [1.165, 1.54) is 0 Å². The van der Waals surface area contributed by atoms with Crippen LogP contribution in [0.3, 0.4) is 0 Å². The number of hydrogen-bond donors (Lipinski definition) is 1. The van der Waals surface area contributed by atoms with Gasteiger partial charge in [0.15, 0.2) is 0 Å². The van der Waals surface area contributed by atoms with Crippen molar-refractivity contribution < 1.29 is 9.53 Å². The van der Waals surface area contributed by atoms with Crippen LogP contribution < -0.4 is 5.73 Å². The van der Waals surface area contributed by atoms with Crippen LogP contribution in [0.25, 0.3) is 0 Å². The number of esters is 1. The number of carbonyl (C=O) groups is 1. The molecule has 15 heavy (non-hydrogen) atoms. The first-order valence-electron chi connectivity index (χ1n) is 5.73. The van der Waals surface area contributed by atoms with E-state index in [-0.39, 0.29) is 5.97 Å². The van der Waals surface area contributed by atoms with Crippen molar-refractivity contribution in [2.24, 2.45) is 17.1 Å². The fourth-order valence-corrected chi connectivity index (χ4v) is 2.23. The van der Waals surface area contributed by atoms with Gasteiger partial charge < -0.3 is 10.5 Å². The summed E-state index contributed by atoms with van der Waals surface area (Å²) in [7, 11) is 0. The average molecular weight is 213 g/mol. The lowest BCUT2D eigenvalue weighted by Crippen LogP contribution is -2.41. The number of nitrogens with two attached hydrogens (primary N) is 1. The quantitative estimate of drug-likeness (QED) is 0.715. The number of rotatable bonds is 2. The maximum Gasteiger partial charge on any atom is 0.313 e. The first-order chi connectivity index (χ1) is 6.79. The van der Waals surface area contributed by atoms with Gasteiger partial charge in [-0.15, -0.1) is 0 Å². The molecule has 1 fully saturated rings. The zero-order valence-electron chi connectivity index (χ0n) is 10.3. The highest BCUT2D eigenvalue weighted by Crippen LogP contribution is 2.42. The highest BCUT2D eigenvalue weighted by atomic mass is 16.6. The van der Waals surface area contributed by atoms with Crippen LogP contribution in [-0.2, 0) is 9.53 Å². The molecule has 1 aliphatic carbocycles.